The van der Waals surface area contributed by atoms with Crippen LogP contribution in [0.2, 0.25) is 0 Å². The minimum atomic E-state index is 1.20. The first-order chi connectivity index (χ1) is 11.2. The zero-order valence-electron chi connectivity index (χ0n) is 14.5. The summed E-state index contributed by atoms with van der Waals surface area (Å²) in [6.07, 6.45) is 10.8. The predicted molar refractivity (Wildman–Crippen MR) is 104 cm³/mol. The molecule has 0 atom stereocenters. The number of benzene rings is 2. The van der Waals surface area contributed by atoms with Gasteiger partial charge < -0.3 is 5.73 Å². The minimum absolute atomic E-state index is 1.20. The third kappa shape index (κ3) is 7.51. The van der Waals surface area contributed by atoms with Crippen molar-refractivity contribution in [3.63, 3.8) is 0 Å². The summed E-state index contributed by atoms with van der Waals surface area (Å²) in [5, 5.41) is 0. The number of hydrogen-bond donors (Lipinski definition) is 1. The lowest BCUT2D eigenvalue weighted by molar-refractivity contribution is 0.717. The van der Waals surface area contributed by atoms with E-state index in [9.17, 15) is 0 Å². The highest BCUT2D eigenvalue weighted by atomic mass is 14.5. The van der Waals surface area contributed by atoms with Crippen LogP contribution < -0.4 is 5.73 Å². The van der Waals surface area contributed by atoms with Gasteiger partial charge in [-0.25, -0.2) is 0 Å². The van der Waals surface area contributed by atoms with Gasteiger partial charge in [0.15, 0.2) is 0 Å². The van der Waals surface area contributed by atoms with E-state index in [0.717, 1.165) is 0 Å². The molecule has 2 aromatic rings. The third-order valence-corrected chi connectivity index (χ3v) is 3.69. The lowest BCUT2D eigenvalue weighted by atomic mass is 10.0. The van der Waals surface area contributed by atoms with Crippen LogP contribution in [-0.4, -0.2) is 0 Å². The molecule has 0 aliphatic heterocycles. The number of rotatable bonds is 6. The van der Waals surface area contributed by atoms with Crippen LogP contribution in [0.1, 0.15) is 48.4 Å². The number of aryl methyl sites for hydroxylation is 2. The van der Waals surface area contributed by atoms with Crippen molar-refractivity contribution in [2.75, 3.05) is 0 Å². The van der Waals surface area contributed by atoms with Crippen molar-refractivity contribution in [1.82, 2.24) is 0 Å². The second kappa shape index (κ2) is 11.3. The van der Waals surface area contributed by atoms with Crippen LogP contribution in [0.4, 0.5) is 0 Å². The summed E-state index contributed by atoms with van der Waals surface area (Å²) in [6, 6.07) is 17.4. The van der Waals surface area contributed by atoms with E-state index in [-0.39, 0.29) is 0 Å². The molecule has 0 unspecified atom stereocenters. The molecule has 0 saturated carbocycles. The Morgan fingerprint density at radius 1 is 0.957 bits per heavy atom. The van der Waals surface area contributed by atoms with E-state index in [1.54, 1.807) is 0 Å². The molecule has 2 N–H and O–H groups in total. The quantitative estimate of drug-likeness (QED) is 0.515. The summed E-state index contributed by atoms with van der Waals surface area (Å²) in [5.74, 6) is 0. The molecule has 0 aliphatic carbocycles. The van der Waals surface area contributed by atoms with Crippen molar-refractivity contribution in [2.24, 2.45) is 5.73 Å². The highest BCUT2D eigenvalue weighted by Crippen LogP contribution is 2.14. The maximum atomic E-state index is 4.61. The molecule has 0 bridgehead atoms. The Balaban J connectivity index is 0.000000816. The van der Waals surface area contributed by atoms with Gasteiger partial charge in [-0.15, -0.1) is 0 Å². The largest absolute Gasteiger partial charge is 0.405 e. The van der Waals surface area contributed by atoms with Gasteiger partial charge in [0, 0.05) is 0 Å². The average Bonchev–Trinajstić information content (AvgIpc) is 2.56. The molecule has 122 valence electrons. The van der Waals surface area contributed by atoms with Crippen molar-refractivity contribution in [3.8, 4) is 0 Å². The van der Waals surface area contributed by atoms with E-state index in [0.29, 0.717) is 0 Å². The van der Waals surface area contributed by atoms with E-state index in [1.165, 1.54) is 54.1 Å². The monoisotopic (exact) mass is 307 g/mol. The maximum Gasteiger partial charge on any atom is -0.0136 e. The van der Waals surface area contributed by atoms with Gasteiger partial charge in [-0.2, -0.15) is 0 Å². The van der Waals surface area contributed by atoms with Crippen molar-refractivity contribution >= 4 is 12.2 Å². The molecule has 0 aromatic heterocycles. The van der Waals surface area contributed by atoms with E-state index in [2.05, 4.69) is 86.8 Å². The summed E-state index contributed by atoms with van der Waals surface area (Å²) < 4.78 is 0. The second-order valence-electron chi connectivity index (χ2n) is 5.62. The molecule has 0 saturated heterocycles. The number of unbranched alkanes of at least 4 members (excludes halogenated alkanes) is 2. The first-order valence-corrected chi connectivity index (χ1v) is 8.36. The van der Waals surface area contributed by atoms with Gasteiger partial charge in [-0.1, -0.05) is 87.0 Å². The fourth-order valence-corrected chi connectivity index (χ4v) is 2.33. The molecule has 0 spiro atoms. The molecular weight excluding hydrogens is 278 g/mol. The van der Waals surface area contributed by atoms with Crippen LogP contribution in [0.25, 0.3) is 12.2 Å². The smallest absolute Gasteiger partial charge is 0.0136 e. The molecule has 0 heterocycles. The van der Waals surface area contributed by atoms with Gasteiger partial charge in [0.25, 0.3) is 0 Å². The third-order valence-electron chi connectivity index (χ3n) is 3.69. The van der Waals surface area contributed by atoms with Crippen molar-refractivity contribution in [3.05, 3.63) is 83.6 Å². The molecule has 0 aliphatic rings. The lowest BCUT2D eigenvalue weighted by Gasteiger charge is -2.02. The normalized spacial score (nSPS) is 10.2. The molecule has 0 radical (unpaired) electrons. The summed E-state index contributed by atoms with van der Waals surface area (Å²) >= 11 is 0. The second-order valence-corrected chi connectivity index (χ2v) is 5.62. The number of hydrogen-bond acceptors (Lipinski definition) is 1. The highest BCUT2D eigenvalue weighted by Gasteiger charge is 1.94. The fraction of sp³-hybridized carbons (Fsp3) is 0.273. The van der Waals surface area contributed by atoms with Crippen LogP contribution in [0, 0.1) is 6.92 Å². The van der Waals surface area contributed by atoms with Crippen LogP contribution in [0.15, 0.2) is 61.3 Å². The van der Waals surface area contributed by atoms with Gasteiger partial charge in [0.1, 0.15) is 0 Å². The van der Waals surface area contributed by atoms with Crippen LogP contribution in [-0.2, 0) is 6.42 Å². The Bertz CT molecular complexity index is 594. The fourth-order valence-electron chi connectivity index (χ4n) is 2.33. The Labute approximate surface area is 141 Å². The highest BCUT2D eigenvalue weighted by molar-refractivity contribution is 5.71. The maximum absolute atomic E-state index is 4.61. The standard InChI is InChI=1S/C20H24.C2H5N/c1-3-4-5-9-18-11-13-19(14-12-18)15-16-20-10-7-6-8-17(20)2;1-2-3/h6-8,10-16H,3-5,9H2,1-2H3;2H,1,3H2/b16-15+;. The average molecular weight is 307 g/mol. The summed E-state index contributed by atoms with van der Waals surface area (Å²) in [7, 11) is 0. The van der Waals surface area contributed by atoms with E-state index in [4.69, 9.17) is 0 Å². The minimum Gasteiger partial charge on any atom is -0.405 e. The van der Waals surface area contributed by atoms with Crippen molar-refractivity contribution in [1.29, 1.82) is 0 Å². The Morgan fingerprint density at radius 2 is 1.61 bits per heavy atom. The molecule has 23 heavy (non-hydrogen) atoms. The first kappa shape index (κ1) is 18.8. The van der Waals surface area contributed by atoms with E-state index >= 15 is 0 Å². The van der Waals surface area contributed by atoms with E-state index < -0.39 is 0 Å². The van der Waals surface area contributed by atoms with Gasteiger partial charge in [-0.3, -0.25) is 0 Å². The van der Waals surface area contributed by atoms with Gasteiger partial charge in [0.2, 0.25) is 0 Å². The van der Waals surface area contributed by atoms with Crippen LogP contribution in [0.3, 0.4) is 0 Å². The van der Waals surface area contributed by atoms with Crippen LogP contribution >= 0.6 is 0 Å². The number of nitrogens with two attached hydrogens (primary N) is 1. The molecule has 2 rings (SSSR count). The Hall–Kier alpha value is -2.28. The molecule has 0 fully saturated rings. The predicted octanol–water partition coefficient (Wildman–Crippen LogP) is 5.99. The van der Waals surface area contributed by atoms with Crippen molar-refractivity contribution in [2.45, 2.75) is 39.5 Å². The Morgan fingerprint density at radius 3 is 2.22 bits per heavy atom. The molecule has 1 nitrogen and oxygen atoms in total. The topological polar surface area (TPSA) is 26.0 Å². The zero-order chi connectivity index (χ0) is 16.9. The lowest BCUT2D eigenvalue weighted by Crippen LogP contribution is -1.85. The van der Waals surface area contributed by atoms with E-state index in [1.807, 2.05) is 0 Å². The summed E-state index contributed by atoms with van der Waals surface area (Å²) in [6.45, 7) is 7.54. The SMILES string of the molecule is C=CN.CCCCCc1ccc(/C=C/c2ccccc2C)cc1. The molecule has 2 aromatic carbocycles. The molecule has 0 amide bonds. The summed E-state index contributed by atoms with van der Waals surface area (Å²) in [4.78, 5) is 0. The zero-order valence-corrected chi connectivity index (χ0v) is 14.5. The molecular formula is C22H29N. The first-order valence-electron chi connectivity index (χ1n) is 8.36. The van der Waals surface area contributed by atoms with Gasteiger partial charge in [0.05, 0.1) is 0 Å². The molecule has 1 heteroatoms. The summed E-state index contributed by atoms with van der Waals surface area (Å²) in [5.41, 5.74) is 9.94. The Kier molecular flexibility index (Phi) is 9.23. The van der Waals surface area contributed by atoms with Gasteiger partial charge in [-0.05, 0) is 48.2 Å². The van der Waals surface area contributed by atoms with Crippen molar-refractivity contribution < 1.29 is 0 Å². The van der Waals surface area contributed by atoms with Crippen LogP contribution in [0.5, 0.6) is 0 Å². The van der Waals surface area contributed by atoms with Gasteiger partial charge >= 0.3 is 0 Å².